The number of nitrogens with zero attached hydrogens (tertiary/aromatic N) is 1. The fraction of sp³-hybridized carbons (Fsp3) is 0.0625. The van der Waals surface area contributed by atoms with Gasteiger partial charge in [0, 0.05) is 0 Å². The van der Waals surface area contributed by atoms with Crippen molar-refractivity contribution in [2.75, 3.05) is 0 Å². The van der Waals surface area contributed by atoms with E-state index >= 15 is 0 Å². The van der Waals surface area contributed by atoms with Gasteiger partial charge >= 0.3 is 135 Å². The summed E-state index contributed by atoms with van der Waals surface area (Å²) in [6.07, 6.45) is 0. The summed E-state index contributed by atoms with van der Waals surface area (Å²) >= 11 is 0. The monoisotopic (exact) mass is 345 g/mol. The number of hydrogen-bond acceptors (Lipinski definition) is 6. The summed E-state index contributed by atoms with van der Waals surface area (Å²) in [5.74, 6) is 1.48. The Morgan fingerprint density at radius 1 is 0.750 bits per heavy atom. The van der Waals surface area contributed by atoms with Gasteiger partial charge in [-0.15, -0.1) is 0 Å². The van der Waals surface area contributed by atoms with Crippen LogP contribution in [0.2, 0.25) is 0 Å². The van der Waals surface area contributed by atoms with Gasteiger partial charge in [0.05, 0.1) is 0 Å². The molecule has 24 heavy (non-hydrogen) atoms. The Morgan fingerprint density at radius 3 is 2.08 bits per heavy atom. The molecule has 7 nitrogen and oxygen atoms in total. The van der Waals surface area contributed by atoms with Crippen molar-refractivity contribution in [3.05, 3.63) is 60.3 Å². The second kappa shape index (κ2) is 3.34. The molecule has 122 valence electrons. The maximum atomic E-state index is 6.23. The van der Waals surface area contributed by atoms with Gasteiger partial charge in [-0.05, 0) is 0 Å². The zero-order chi connectivity index (χ0) is 16.1. The van der Waals surface area contributed by atoms with Crippen molar-refractivity contribution in [3.63, 3.8) is 0 Å². The molecule has 0 aliphatic carbocycles. The van der Waals surface area contributed by atoms with Gasteiger partial charge in [-0.25, -0.2) is 0 Å². The molecule has 3 aliphatic rings. The molecule has 1 aromatic heterocycles. The number of para-hydroxylation sites is 3. The first kappa shape index (κ1) is 12.9. The van der Waals surface area contributed by atoms with Crippen LogP contribution >= 0.6 is 7.23 Å². The fourth-order valence-electron chi connectivity index (χ4n) is 3.64. The van der Waals surface area contributed by atoms with Gasteiger partial charge in [-0.2, -0.15) is 0 Å². The van der Waals surface area contributed by atoms with E-state index < -0.39 is 7.23 Å². The Hall–Kier alpha value is -2.44. The summed E-state index contributed by atoms with van der Waals surface area (Å²) in [5, 5.41) is 5.64. The molecule has 0 radical (unpaired) electrons. The van der Waals surface area contributed by atoms with E-state index in [0.29, 0.717) is 17.2 Å². The zero-order valence-electron chi connectivity index (χ0n) is 12.5. The third-order valence-electron chi connectivity index (χ3n) is 4.57. The minimum atomic E-state index is -5.31. The van der Waals surface area contributed by atoms with Crippen molar-refractivity contribution in [1.82, 2.24) is 0 Å². The number of hydrogen-bond donors (Lipinski definition) is 0. The van der Waals surface area contributed by atoms with E-state index in [1.165, 1.54) is 0 Å². The first-order chi connectivity index (χ1) is 11.6. The first-order valence-electron chi connectivity index (χ1n) is 7.49. The van der Waals surface area contributed by atoms with Gasteiger partial charge in [-0.3, -0.25) is 0 Å². The number of pyridine rings is 1. The molecular weight excluding hydrogens is 333 g/mol. The molecule has 0 atom stereocenters. The van der Waals surface area contributed by atoms with Crippen molar-refractivity contribution >= 4 is 18.1 Å². The van der Waals surface area contributed by atoms with Crippen LogP contribution in [0, 0.1) is 6.92 Å². The molecule has 0 N–H and O–H groups in total. The minimum absolute atomic E-state index is 0.466. The summed E-state index contributed by atoms with van der Waals surface area (Å²) < 4.78 is 31.5. The van der Waals surface area contributed by atoms with Crippen LogP contribution in [0.4, 0.5) is 0 Å². The van der Waals surface area contributed by atoms with Gasteiger partial charge in [0.1, 0.15) is 0 Å². The summed E-state index contributed by atoms with van der Waals surface area (Å²) in [7, 11) is -5.31. The maximum absolute atomic E-state index is 6.23. The summed E-state index contributed by atoms with van der Waals surface area (Å²) in [5.41, 5.74) is 1.56. The molecule has 4 heterocycles. The number of fused-ring (bicyclic) bond motifs is 1. The average molecular weight is 345 g/mol. The first-order valence-corrected chi connectivity index (χ1v) is 9.71. The van der Waals surface area contributed by atoms with Crippen molar-refractivity contribution in [2.45, 2.75) is 6.92 Å². The Labute approximate surface area is 135 Å². The molecule has 0 unspecified atom stereocenters. The van der Waals surface area contributed by atoms with Crippen molar-refractivity contribution < 1.29 is 32.3 Å². The van der Waals surface area contributed by atoms with Gasteiger partial charge < -0.3 is 0 Å². The standard InChI is InChI=1S/C16H12NO6P/c1-11-9-10-12-5-4-8-15-16(12)17(11)24(20-15,22-21-23-24)18-13-6-2-3-7-14(13)19-24/h2-10H,1H3. The van der Waals surface area contributed by atoms with Gasteiger partial charge in [0.2, 0.25) is 0 Å². The second-order valence-electron chi connectivity index (χ2n) is 6.07. The van der Waals surface area contributed by atoms with Crippen LogP contribution in [0.5, 0.6) is 17.2 Å². The van der Waals surface area contributed by atoms with E-state index in [0.717, 1.165) is 16.6 Å². The second-order valence-corrected chi connectivity index (χ2v) is 9.62. The normalized spacial score (nSPS) is 25.4. The van der Waals surface area contributed by atoms with Crippen LogP contribution in [-0.4, -0.2) is 0 Å². The van der Waals surface area contributed by atoms with E-state index in [4.69, 9.17) is 28.0 Å². The van der Waals surface area contributed by atoms with E-state index in [9.17, 15) is 0 Å². The van der Waals surface area contributed by atoms with Crippen LogP contribution < -0.4 is 17.9 Å². The molecule has 1 fully saturated rings. The van der Waals surface area contributed by atoms with E-state index in [1.807, 2.05) is 49.4 Å². The molecule has 1 spiro atoms. The molecule has 6 rings (SSSR count). The number of aromatic nitrogens is 1. The molecule has 2 aromatic carbocycles. The van der Waals surface area contributed by atoms with Crippen molar-refractivity contribution in [1.29, 1.82) is 0 Å². The molecule has 3 aliphatic heterocycles. The van der Waals surface area contributed by atoms with Crippen LogP contribution in [0.3, 0.4) is 0 Å². The summed E-state index contributed by atoms with van der Waals surface area (Å²) in [6, 6.07) is 16.8. The Morgan fingerprint density at radius 2 is 1.42 bits per heavy atom. The summed E-state index contributed by atoms with van der Waals surface area (Å²) in [4.78, 5) is 0. The number of benzene rings is 2. The molecular formula is C16H12NO6P. The summed E-state index contributed by atoms with van der Waals surface area (Å²) in [6.45, 7) is 1.90. The Kier molecular flexibility index (Phi) is 1.80. The van der Waals surface area contributed by atoms with Crippen LogP contribution in [-0.2, 0) is 14.4 Å². The number of rotatable bonds is 0. The Balaban J connectivity index is 1.79. The van der Waals surface area contributed by atoms with Crippen LogP contribution in [0.15, 0.2) is 54.6 Å². The van der Waals surface area contributed by atoms with Crippen molar-refractivity contribution in [3.8, 4) is 17.2 Å². The zero-order valence-corrected chi connectivity index (χ0v) is 13.4. The molecule has 0 bridgehead atoms. The third-order valence-corrected chi connectivity index (χ3v) is 8.38. The van der Waals surface area contributed by atoms with Crippen molar-refractivity contribution in [2.24, 2.45) is 0 Å². The SMILES string of the molecule is Cc1ccc2cccc3c2[n+]1[P-]12(OOO1)(Oc1ccccc1O2)O3. The molecule has 8 heteroatoms. The topological polar surface area (TPSA) is 59.3 Å². The predicted octanol–water partition coefficient (Wildman–Crippen LogP) is 3.62. The van der Waals surface area contributed by atoms with E-state index in [-0.39, 0.29) is 0 Å². The average Bonchev–Trinajstić information content (AvgIpc) is 3.03. The van der Waals surface area contributed by atoms with Crippen LogP contribution in [0.25, 0.3) is 10.9 Å². The predicted molar refractivity (Wildman–Crippen MR) is 82.8 cm³/mol. The van der Waals surface area contributed by atoms with Gasteiger partial charge in [0.25, 0.3) is 0 Å². The third kappa shape index (κ3) is 1.09. The van der Waals surface area contributed by atoms with Gasteiger partial charge in [0.15, 0.2) is 0 Å². The molecule has 0 saturated carbocycles. The molecule has 1 saturated heterocycles. The molecule has 3 aromatic rings. The Bertz CT molecular complexity index is 1060. The fourth-order valence-corrected chi connectivity index (χ4v) is 7.59. The molecule has 0 amide bonds. The number of aryl methyl sites for hydroxylation is 1. The van der Waals surface area contributed by atoms with E-state index in [1.54, 1.807) is 16.5 Å². The van der Waals surface area contributed by atoms with E-state index in [2.05, 4.69) is 0 Å². The van der Waals surface area contributed by atoms with Crippen LogP contribution in [0.1, 0.15) is 5.69 Å². The van der Waals surface area contributed by atoms with Gasteiger partial charge in [-0.1, -0.05) is 0 Å². The quantitative estimate of drug-likeness (QED) is 0.458.